The molecule has 2 saturated heterocycles. The third-order valence-electron chi connectivity index (χ3n) is 9.76. The van der Waals surface area contributed by atoms with E-state index in [1.807, 2.05) is 6.92 Å². The average molecular weight is 716 g/mol. The van der Waals surface area contributed by atoms with Crippen molar-refractivity contribution in [3.63, 3.8) is 0 Å². The first kappa shape index (κ1) is 40.7. The predicted molar refractivity (Wildman–Crippen MR) is 185 cm³/mol. The summed E-state index contributed by atoms with van der Waals surface area (Å²) in [5.41, 5.74) is 11.9. The maximum Gasteiger partial charge on any atom is 0.326 e. The second-order valence-corrected chi connectivity index (χ2v) is 13.9. The van der Waals surface area contributed by atoms with Crippen LogP contribution in [0.5, 0.6) is 5.75 Å². The fourth-order valence-electron chi connectivity index (χ4n) is 6.37. The van der Waals surface area contributed by atoms with Crippen LogP contribution < -0.4 is 27.4 Å². The lowest BCUT2D eigenvalue weighted by atomic mass is 9.96. The largest absolute Gasteiger partial charge is 0.508 e. The van der Waals surface area contributed by atoms with E-state index in [9.17, 15) is 43.8 Å². The van der Waals surface area contributed by atoms with Gasteiger partial charge in [-0.05, 0) is 61.6 Å². The van der Waals surface area contributed by atoms with E-state index < -0.39 is 77.7 Å². The number of carbonyl (C=O) groups excluding carboxylic acids is 6. The molecule has 0 aliphatic carbocycles. The number of carboxylic acid groups (broad SMARTS) is 1. The Bertz CT molecular complexity index is 1440. The fourth-order valence-corrected chi connectivity index (χ4v) is 6.37. The molecule has 2 aliphatic heterocycles. The number of rotatable bonds is 17. The number of amides is 6. The fraction of sp³-hybridized carbons (Fsp3) is 0.629. The van der Waals surface area contributed by atoms with Gasteiger partial charge in [-0.25, -0.2) is 4.79 Å². The molecular weight excluding hydrogens is 662 g/mol. The number of nitrogens with zero attached hydrogens (tertiary/aromatic N) is 2. The monoisotopic (exact) mass is 715 g/mol. The molecular formula is C35H53N7O9. The Labute approximate surface area is 298 Å². The quantitative estimate of drug-likeness (QED) is 0.111. The normalized spacial score (nSPS) is 20.2. The second kappa shape index (κ2) is 18.5. The topological polar surface area (TPSA) is 255 Å². The molecule has 2 fully saturated rings. The van der Waals surface area contributed by atoms with Crippen LogP contribution in [0.25, 0.3) is 0 Å². The molecule has 0 aromatic heterocycles. The van der Waals surface area contributed by atoms with Crippen LogP contribution in [0.1, 0.15) is 78.2 Å². The molecule has 0 spiro atoms. The lowest BCUT2D eigenvalue weighted by Crippen LogP contribution is -2.60. The van der Waals surface area contributed by atoms with Crippen LogP contribution in [0.15, 0.2) is 24.3 Å². The van der Waals surface area contributed by atoms with Crippen molar-refractivity contribution in [1.29, 1.82) is 0 Å². The number of aromatic hydroxyl groups is 1. The summed E-state index contributed by atoms with van der Waals surface area (Å²) in [5.74, 6) is -5.32. The van der Waals surface area contributed by atoms with Crippen LogP contribution in [0.4, 0.5) is 0 Å². The van der Waals surface area contributed by atoms with Crippen LogP contribution in [0.3, 0.4) is 0 Å². The van der Waals surface area contributed by atoms with Gasteiger partial charge in [0.05, 0.1) is 6.04 Å². The first-order chi connectivity index (χ1) is 24.0. The third-order valence-corrected chi connectivity index (χ3v) is 9.76. The molecule has 2 aliphatic rings. The summed E-state index contributed by atoms with van der Waals surface area (Å²) in [6, 6.07) is -0.354. The minimum absolute atomic E-state index is 0.0187. The van der Waals surface area contributed by atoms with Crippen LogP contribution in [0, 0.1) is 11.8 Å². The van der Waals surface area contributed by atoms with Gasteiger partial charge in [-0.15, -0.1) is 0 Å². The Morgan fingerprint density at radius 1 is 0.843 bits per heavy atom. The Balaban J connectivity index is 1.75. The molecule has 3 rings (SSSR count). The van der Waals surface area contributed by atoms with E-state index >= 15 is 0 Å². The Morgan fingerprint density at radius 2 is 1.39 bits per heavy atom. The summed E-state index contributed by atoms with van der Waals surface area (Å²) < 4.78 is 0. The first-order valence-electron chi connectivity index (χ1n) is 17.6. The van der Waals surface area contributed by atoms with Crippen molar-refractivity contribution in [3.05, 3.63) is 29.8 Å². The van der Waals surface area contributed by atoms with Crippen LogP contribution >= 0.6 is 0 Å². The first-order valence-corrected chi connectivity index (χ1v) is 17.6. The number of carbonyl (C=O) groups is 7. The smallest absolute Gasteiger partial charge is 0.326 e. The van der Waals surface area contributed by atoms with Gasteiger partial charge in [-0.3, -0.25) is 28.8 Å². The number of hydrogen-bond donors (Lipinski definition) is 7. The number of phenols is 1. The highest BCUT2D eigenvalue weighted by Gasteiger charge is 2.43. The molecule has 16 nitrogen and oxygen atoms in total. The van der Waals surface area contributed by atoms with Crippen molar-refractivity contribution in [2.45, 2.75) is 115 Å². The summed E-state index contributed by atoms with van der Waals surface area (Å²) >= 11 is 0. The zero-order chi connectivity index (χ0) is 38.0. The summed E-state index contributed by atoms with van der Waals surface area (Å²) in [5, 5.41) is 27.4. The van der Waals surface area contributed by atoms with Crippen molar-refractivity contribution in [2.75, 3.05) is 13.1 Å². The number of aliphatic carboxylic acids is 1. The number of nitrogens with two attached hydrogens (primary N) is 2. The molecule has 6 amide bonds. The Kier molecular flexibility index (Phi) is 14.8. The van der Waals surface area contributed by atoms with Gasteiger partial charge >= 0.3 is 5.97 Å². The standard InChI is InChI=1S/C35H53N7O9/c1-5-20(4)29(34(49)42-17-7-8-25(42)30(45)39-24(35(50)51)18-21-10-12-22(43)13-11-21)40-31(46)26-9-6-16-41(26)33(48)23(14-15-27(36)44)38-32(47)28(37)19(2)3/h10-13,19-20,23-26,28-29,43H,5-9,14-18,37H2,1-4H3,(H2,36,44)(H,38,47)(H,39,45)(H,40,46)(H,50,51)/t20-,23-,24-,25-,26-,28-,29-/m0/s1. The van der Waals surface area contributed by atoms with Crippen molar-refractivity contribution >= 4 is 41.4 Å². The van der Waals surface area contributed by atoms with E-state index in [0.717, 1.165) is 0 Å². The minimum atomic E-state index is -1.28. The molecule has 1 aromatic rings. The number of nitrogens with one attached hydrogen (secondary N) is 3. The number of carboxylic acids is 1. The molecule has 16 heteroatoms. The van der Waals surface area contributed by atoms with Gasteiger partial charge in [0.1, 0.15) is 36.0 Å². The van der Waals surface area contributed by atoms with Crippen molar-refractivity contribution in [2.24, 2.45) is 23.3 Å². The summed E-state index contributed by atoms with van der Waals surface area (Å²) in [6.07, 6.45) is 1.77. The molecule has 0 radical (unpaired) electrons. The number of primary amides is 1. The zero-order valence-electron chi connectivity index (χ0n) is 29.8. The van der Waals surface area contributed by atoms with Gasteiger partial charge in [-0.2, -0.15) is 0 Å². The lowest BCUT2D eigenvalue weighted by Gasteiger charge is -2.34. The lowest BCUT2D eigenvalue weighted by molar-refractivity contribution is -0.146. The van der Waals surface area contributed by atoms with Crippen LogP contribution in [-0.4, -0.2) is 111 Å². The zero-order valence-corrected chi connectivity index (χ0v) is 29.8. The van der Waals surface area contributed by atoms with Gasteiger partial charge in [-0.1, -0.05) is 46.2 Å². The van der Waals surface area contributed by atoms with E-state index in [2.05, 4.69) is 16.0 Å². The molecule has 282 valence electrons. The molecule has 0 bridgehead atoms. The van der Waals surface area contributed by atoms with E-state index in [1.165, 1.54) is 21.9 Å². The molecule has 0 unspecified atom stereocenters. The number of benzene rings is 1. The highest BCUT2D eigenvalue weighted by Crippen LogP contribution is 2.24. The van der Waals surface area contributed by atoms with Gasteiger partial charge in [0, 0.05) is 25.9 Å². The van der Waals surface area contributed by atoms with Gasteiger partial charge in [0.15, 0.2) is 0 Å². The average Bonchev–Trinajstić information content (AvgIpc) is 3.79. The second-order valence-electron chi connectivity index (χ2n) is 13.9. The maximum atomic E-state index is 14.1. The van der Waals surface area contributed by atoms with Crippen molar-refractivity contribution < 1.29 is 43.8 Å². The number of likely N-dealkylation sites (tertiary alicyclic amines) is 2. The molecule has 51 heavy (non-hydrogen) atoms. The Morgan fingerprint density at radius 3 is 1.90 bits per heavy atom. The van der Waals surface area contributed by atoms with E-state index in [-0.39, 0.29) is 49.9 Å². The van der Waals surface area contributed by atoms with Gasteiger partial charge < -0.3 is 47.4 Å². The molecule has 7 atom stereocenters. The molecule has 2 heterocycles. The van der Waals surface area contributed by atoms with Gasteiger partial charge in [0.25, 0.3) is 0 Å². The van der Waals surface area contributed by atoms with Crippen molar-refractivity contribution in [3.8, 4) is 5.75 Å². The van der Waals surface area contributed by atoms with E-state index in [0.29, 0.717) is 37.7 Å². The van der Waals surface area contributed by atoms with Gasteiger partial charge in [0.2, 0.25) is 35.4 Å². The maximum absolute atomic E-state index is 14.1. The van der Waals surface area contributed by atoms with E-state index in [1.54, 1.807) is 32.9 Å². The summed E-state index contributed by atoms with van der Waals surface area (Å²) in [4.78, 5) is 94.2. The summed E-state index contributed by atoms with van der Waals surface area (Å²) in [7, 11) is 0. The third kappa shape index (κ3) is 10.9. The van der Waals surface area contributed by atoms with E-state index in [4.69, 9.17) is 11.5 Å². The highest BCUT2D eigenvalue weighted by atomic mass is 16.4. The summed E-state index contributed by atoms with van der Waals surface area (Å²) in [6.45, 7) is 7.58. The Hall–Kier alpha value is -4.73. The number of phenolic OH excluding ortho intramolecular Hbond substituents is 1. The van der Waals surface area contributed by atoms with Crippen LogP contribution in [-0.2, 0) is 40.0 Å². The van der Waals surface area contributed by atoms with Crippen molar-refractivity contribution in [1.82, 2.24) is 25.8 Å². The molecule has 1 aromatic carbocycles. The minimum Gasteiger partial charge on any atom is -0.508 e. The molecule has 9 N–H and O–H groups in total. The van der Waals surface area contributed by atoms with Crippen LogP contribution in [0.2, 0.25) is 0 Å². The predicted octanol–water partition coefficient (Wildman–Crippen LogP) is -0.249. The molecule has 0 saturated carbocycles. The highest BCUT2D eigenvalue weighted by molar-refractivity contribution is 5.97. The number of hydrogen-bond acceptors (Lipinski definition) is 9. The SMILES string of the molecule is CC[C@H](C)[C@H](NC(=O)[C@@H]1CCCN1C(=O)[C@H](CCC(N)=O)NC(=O)[C@@H](N)C(C)C)C(=O)N1CCC[C@H]1C(=O)N[C@@H](Cc1ccc(O)cc1)C(=O)O.